The maximum absolute atomic E-state index is 14.4. The van der Waals surface area contributed by atoms with Crippen molar-refractivity contribution in [3.8, 4) is 11.5 Å². The summed E-state index contributed by atoms with van der Waals surface area (Å²) in [6.45, 7) is 1.94. The van der Waals surface area contributed by atoms with Crippen molar-refractivity contribution in [2.24, 2.45) is 0 Å². The molecule has 2 aromatic rings. The van der Waals surface area contributed by atoms with Gasteiger partial charge in [-0.15, -0.1) is 12.4 Å². The Kier molecular flexibility index (Phi) is 6.70. The molecule has 1 aromatic carbocycles. The molecule has 0 aliphatic carbocycles. The fourth-order valence-electron chi connectivity index (χ4n) is 1.81. The summed E-state index contributed by atoms with van der Waals surface area (Å²) in [6, 6.07) is 2.74. The van der Waals surface area contributed by atoms with Crippen LogP contribution in [-0.4, -0.2) is 37.9 Å². The van der Waals surface area contributed by atoms with Gasteiger partial charge in [0.05, 0.1) is 5.56 Å². The summed E-state index contributed by atoms with van der Waals surface area (Å²) in [7, 11) is -1.90. The molecule has 0 radical (unpaired) electrons. The van der Waals surface area contributed by atoms with Gasteiger partial charge in [0.25, 0.3) is 5.89 Å². The van der Waals surface area contributed by atoms with Gasteiger partial charge in [-0.05, 0) is 26.1 Å². The second-order valence-corrected chi connectivity index (χ2v) is 7.85. The molecule has 23 heavy (non-hydrogen) atoms. The van der Waals surface area contributed by atoms with Crippen molar-refractivity contribution >= 4 is 38.2 Å². The lowest BCUT2D eigenvalue weighted by molar-refractivity contribution is 0.415. The van der Waals surface area contributed by atoms with Gasteiger partial charge >= 0.3 is 0 Å². The summed E-state index contributed by atoms with van der Waals surface area (Å²) < 4.78 is 43.2. The highest BCUT2D eigenvalue weighted by molar-refractivity contribution is 9.10. The minimum absolute atomic E-state index is 0. The lowest BCUT2D eigenvalue weighted by atomic mass is 10.2. The molecule has 0 fully saturated rings. The van der Waals surface area contributed by atoms with Crippen LogP contribution in [0.5, 0.6) is 0 Å². The molecule has 0 spiro atoms. The summed E-state index contributed by atoms with van der Waals surface area (Å²) in [5.41, 5.74) is -0.0503. The molecule has 0 bridgehead atoms. The van der Waals surface area contributed by atoms with Gasteiger partial charge in [0, 0.05) is 23.2 Å². The Morgan fingerprint density at radius 1 is 1.43 bits per heavy atom. The van der Waals surface area contributed by atoms with E-state index in [1.807, 2.05) is 6.92 Å². The second-order valence-electron chi connectivity index (χ2n) is 4.95. The van der Waals surface area contributed by atoms with Gasteiger partial charge in [-0.2, -0.15) is 4.98 Å². The van der Waals surface area contributed by atoms with Crippen LogP contribution >= 0.6 is 28.3 Å². The van der Waals surface area contributed by atoms with Crippen molar-refractivity contribution in [2.75, 3.05) is 13.3 Å². The van der Waals surface area contributed by atoms with Crippen LogP contribution in [0.15, 0.2) is 26.0 Å². The lowest BCUT2D eigenvalue weighted by Crippen LogP contribution is -2.24. The number of hydrogen-bond donors (Lipinski definition) is 1. The van der Waals surface area contributed by atoms with E-state index in [9.17, 15) is 12.8 Å². The first kappa shape index (κ1) is 20.0. The van der Waals surface area contributed by atoms with Crippen LogP contribution in [-0.2, 0) is 16.3 Å². The van der Waals surface area contributed by atoms with Crippen LogP contribution < -0.4 is 5.32 Å². The summed E-state index contributed by atoms with van der Waals surface area (Å²) in [4.78, 5) is 3.70. The first-order valence-electron chi connectivity index (χ1n) is 6.41. The van der Waals surface area contributed by atoms with Gasteiger partial charge < -0.3 is 9.84 Å². The Morgan fingerprint density at radius 3 is 2.65 bits per heavy atom. The number of benzene rings is 1. The van der Waals surface area contributed by atoms with Crippen molar-refractivity contribution in [3.63, 3.8) is 0 Å². The van der Waals surface area contributed by atoms with E-state index in [4.69, 9.17) is 4.52 Å². The van der Waals surface area contributed by atoms with Crippen molar-refractivity contribution in [2.45, 2.75) is 24.3 Å². The molecule has 10 heteroatoms. The van der Waals surface area contributed by atoms with E-state index in [0.29, 0.717) is 16.7 Å². The molecule has 0 aliphatic heterocycles. The number of aromatic nitrogens is 2. The predicted molar refractivity (Wildman–Crippen MR) is 90.0 cm³/mol. The SMILES string of the molecule is CNC(C)Cc1noc(-c2cc(Br)cc(S(C)(=O)=O)c2F)n1.Cl. The molecular weight excluding hydrogens is 413 g/mol. The highest BCUT2D eigenvalue weighted by Gasteiger charge is 2.22. The molecule has 6 nitrogen and oxygen atoms in total. The minimum Gasteiger partial charge on any atom is -0.334 e. The van der Waals surface area contributed by atoms with Crippen LogP contribution in [0.25, 0.3) is 11.5 Å². The van der Waals surface area contributed by atoms with Crippen molar-refractivity contribution in [1.82, 2.24) is 15.5 Å². The zero-order valence-corrected chi connectivity index (χ0v) is 15.8. The van der Waals surface area contributed by atoms with E-state index in [-0.39, 0.29) is 29.9 Å². The largest absolute Gasteiger partial charge is 0.334 e. The Bertz CT molecular complexity index is 798. The number of likely N-dealkylation sites (N-methyl/N-ethyl adjacent to an activating group) is 1. The van der Waals surface area contributed by atoms with Crippen LogP contribution in [0.4, 0.5) is 4.39 Å². The monoisotopic (exact) mass is 427 g/mol. The van der Waals surface area contributed by atoms with E-state index in [0.717, 1.165) is 6.26 Å². The maximum atomic E-state index is 14.4. The van der Waals surface area contributed by atoms with Crippen molar-refractivity contribution < 1.29 is 17.3 Å². The van der Waals surface area contributed by atoms with Crippen LogP contribution in [0, 0.1) is 5.82 Å². The topological polar surface area (TPSA) is 85.1 Å². The Balaban J connectivity index is 0.00000264. The number of nitrogens with one attached hydrogen (secondary N) is 1. The molecule has 0 saturated heterocycles. The van der Waals surface area contributed by atoms with E-state index >= 15 is 0 Å². The van der Waals surface area contributed by atoms with Crippen LogP contribution in [0.2, 0.25) is 0 Å². The Hall–Kier alpha value is -1.03. The van der Waals surface area contributed by atoms with E-state index in [1.54, 1.807) is 7.05 Å². The van der Waals surface area contributed by atoms with E-state index < -0.39 is 20.5 Å². The average Bonchev–Trinajstić information content (AvgIpc) is 2.87. The zero-order valence-electron chi connectivity index (χ0n) is 12.6. The Morgan fingerprint density at radius 2 is 2.09 bits per heavy atom. The number of hydrogen-bond acceptors (Lipinski definition) is 6. The quantitative estimate of drug-likeness (QED) is 0.788. The third kappa shape index (κ3) is 4.72. The van der Waals surface area contributed by atoms with Crippen molar-refractivity contribution in [1.29, 1.82) is 0 Å². The molecule has 1 aromatic heterocycles. The predicted octanol–water partition coefficient (Wildman–Crippen LogP) is 2.61. The third-order valence-electron chi connectivity index (χ3n) is 3.08. The van der Waals surface area contributed by atoms with E-state index in [1.165, 1.54) is 12.1 Å². The van der Waals surface area contributed by atoms with Gasteiger partial charge in [0.2, 0.25) is 0 Å². The van der Waals surface area contributed by atoms with Crippen LogP contribution in [0.1, 0.15) is 12.7 Å². The maximum Gasteiger partial charge on any atom is 0.260 e. The fourth-order valence-corrected chi connectivity index (χ4v) is 3.20. The lowest BCUT2D eigenvalue weighted by Gasteiger charge is -2.06. The van der Waals surface area contributed by atoms with Gasteiger partial charge in [0.15, 0.2) is 21.5 Å². The minimum atomic E-state index is -3.71. The van der Waals surface area contributed by atoms with Gasteiger partial charge in [-0.25, -0.2) is 12.8 Å². The van der Waals surface area contributed by atoms with Gasteiger partial charge in [0.1, 0.15) is 4.90 Å². The fraction of sp³-hybridized carbons (Fsp3) is 0.385. The summed E-state index contributed by atoms with van der Waals surface area (Å²) in [5.74, 6) is -0.540. The highest BCUT2D eigenvalue weighted by atomic mass is 79.9. The molecule has 1 atom stereocenters. The normalized spacial score (nSPS) is 12.7. The smallest absolute Gasteiger partial charge is 0.260 e. The number of rotatable bonds is 5. The van der Waals surface area contributed by atoms with E-state index in [2.05, 4.69) is 31.4 Å². The summed E-state index contributed by atoms with van der Waals surface area (Å²) in [6.07, 6.45) is 1.45. The van der Waals surface area contributed by atoms with Crippen molar-refractivity contribution in [3.05, 3.63) is 28.2 Å². The summed E-state index contributed by atoms with van der Waals surface area (Å²) in [5, 5.41) is 6.81. The molecule has 0 saturated carbocycles. The molecule has 0 aliphatic rings. The molecule has 1 unspecified atom stereocenters. The second kappa shape index (κ2) is 7.69. The first-order valence-corrected chi connectivity index (χ1v) is 9.10. The molecule has 2 rings (SSSR count). The molecular formula is C13H16BrClFN3O3S. The van der Waals surface area contributed by atoms with Crippen LogP contribution in [0.3, 0.4) is 0 Å². The van der Waals surface area contributed by atoms with Gasteiger partial charge in [-0.3, -0.25) is 0 Å². The third-order valence-corrected chi connectivity index (χ3v) is 4.64. The number of sulfone groups is 1. The molecule has 128 valence electrons. The molecule has 1 heterocycles. The molecule has 1 N–H and O–H groups in total. The zero-order chi connectivity index (χ0) is 16.5. The van der Waals surface area contributed by atoms with Gasteiger partial charge in [-0.1, -0.05) is 21.1 Å². The molecule has 0 amide bonds. The Labute approximate surface area is 148 Å². The standard InChI is InChI=1S/C13H15BrFN3O3S.ClH/c1-7(16-2)4-11-17-13(21-18-11)9-5-8(14)6-10(12(9)15)22(3,19)20;/h5-7,16H,4H2,1-3H3;1H. The first-order chi connectivity index (χ1) is 10.2. The highest BCUT2D eigenvalue weighted by Crippen LogP contribution is 2.30. The number of halogens is 3. The number of nitrogens with zero attached hydrogens (tertiary/aromatic N) is 2. The average molecular weight is 429 g/mol. The summed E-state index contributed by atoms with van der Waals surface area (Å²) >= 11 is 3.16.